The van der Waals surface area contributed by atoms with Crippen molar-refractivity contribution in [2.24, 2.45) is 0 Å². The molecule has 0 aromatic heterocycles. The summed E-state index contributed by atoms with van der Waals surface area (Å²) in [6.45, 7) is 7.12. The molecule has 1 N–H and O–H groups in total. The van der Waals surface area contributed by atoms with Crippen molar-refractivity contribution in [2.75, 3.05) is 0 Å². The Kier molecular flexibility index (Phi) is 5.52. The second-order valence-corrected chi connectivity index (χ2v) is 7.59. The minimum absolute atomic E-state index is 0.0441. The third kappa shape index (κ3) is 5.49. The lowest BCUT2D eigenvalue weighted by Gasteiger charge is -2.21. The lowest BCUT2D eigenvalue weighted by Crippen LogP contribution is -2.35. The van der Waals surface area contributed by atoms with E-state index in [4.69, 9.17) is 16.3 Å². The van der Waals surface area contributed by atoms with Crippen molar-refractivity contribution in [3.05, 3.63) is 56.6 Å². The topological polar surface area (TPSA) is 21.3 Å². The Labute approximate surface area is 145 Å². The van der Waals surface area contributed by atoms with E-state index in [-0.39, 0.29) is 5.54 Å². The molecule has 0 unspecified atom stereocenters. The van der Waals surface area contributed by atoms with E-state index >= 15 is 0 Å². The maximum Gasteiger partial charge on any atom is 0.132 e. The van der Waals surface area contributed by atoms with Crippen LogP contribution in [0.1, 0.15) is 26.3 Å². The monoisotopic (exact) mass is 415 g/mol. The Bertz CT molecular complexity index is 605. The molecule has 112 valence electrons. The first kappa shape index (κ1) is 16.6. The minimum Gasteiger partial charge on any atom is -0.457 e. The van der Waals surface area contributed by atoms with Gasteiger partial charge in [0.05, 0.1) is 0 Å². The fourth-order valence-electron chi connectivity index (χ4n) is 1.78. The zero-order valence-corrected chi connectivity index (χ0v) is 15.3. The van der Waals surface area contributed by atoms with Crippen LogP contribution in [-0.4, -0.2) is 5.54 Å². The van der Waals surface area contributed by atoms with E-state index in [1.54, 1.807) is 0 Å². The first-order valence-corrected chi connectivity index (χ1v) is 8.26. The summed E-state index contributed by atoms with van der Waals surface area (Å²) in [5.41, 5.74) is 1.10. The largest absolute Gasteiger partial charge is 0.457 e. The summed E-state index contributed by atoms with van der Waals surface area (Å²) in [6, 6.07) is 13.7. The fourth-order valence-corrected chi connectivity index (χ4v) is 2.33. The van der Waals surface area contributed by atoms with Crippen molar-refractivity contribution in [3.63, 3.8) is 0 Å². The SMILES string of the molecule is CC(C)(C)NCc1cc(Cl)ccc1Oc1ccc(I)cc1. The molecule has 2 rings (SSSR count). The fraction of sp³-hybridized carbons (Fsp3) is 0.294. The highest BCUT2D eigenvalue weighted by molar-refractivity contribution is 14.1. The van der Waals surface area contributed by atoms with Crippen molar-refractivity contribution < 1.29 is 4.74 Å². The highest BCUT2D eigenvalue weighted by Crippen LogP contribution is 2.28. The van der Waals surface area contributed by atoms with Crippen LogP contribution in [0.15, 0.2) is 42.5 Å². The Balaban J connectivity index is 2.20. The highest BCUT2D eigenvalue weighted by atomic mass is 127. The van der Waals surface area contributed by atoms with Gasteiger partial charge in [0, 0.05) is 26.2 Å². The van der Waals surface area contributed by atoms with Crippen molar-refractivity contribution in [1.82, 2.24) is 5.32 Å². The average Bonchev–Trinajstić information content (AvgIpc) is 2.40. The molecule has 0 spiro atoms. The van der Waals surface area contributed by atoms with E-state index < -0.39 is 0 Å². The van der Waals surface area contributed by atoms with Crippen LogP contribution in [0.2, 0.25) is 5.02 Å². The molecule has 0 saturated carbocycles. The molecule has 4 heteroatoms. The van der Waals surface area contributed by atoms with Gasteiger partial charge in [-0.1, -0.05) is 11.6 Å². The summed E-state index contributed by atoms with van der Waals surface area (Å²) in [6.07, 6.45) is 0. The van der Waals surface area contributed by atoms with Gasteiger partial charge in [0.25, 0.3) is 0 Å². The number of benzene rings is 2. The van der Waals surface area contributed by atoms with Crippen LogP contribution in [0.3, 0.4) is 0 Å². The quantitative estimate of drug-likeness (QED) is 0.654. The predicted molar refractivity (Wildman–Crippen MR) is 97.3 cm³/mol. The number of hydrogen-bond acceptors (Lipinski definition) is 2. The molecule has 0 atom stereocenters. The van der Waals surface area contributed by atoms with Crippen molar-refractivity contribution in [1.29, 1.82) is 0 Å². The second kappa shape index (κ2) is 6.99. The van der Waals surface area contributed by atoms with Gasteiger partial charge in [0.1, 0.15) is 11.5 Å². The number of nitrogens with one attached hydrogen (secondary N) is 1. The molecule has 2 aromatic rings. The molecule has 0 radical (unpaired) electrons. The zero-order valence-electron chi connectivity index (χ0n) is 12.4. The smallest absolute Gasteiger partial charge is 0.132 e. The lowest BCUT2D eigenvalue weighted by molar-refractivity contribution is 0.414. The van der Waals surface area contributed by atoms with Crippen molar-refractivity contribution >= 4 is 34.2 Å². The minimum atomic E-state index is 0.0441. The molecule has 0 aliphatic heterocycles. The Hall–Kier alpha value is -0.780. The van der Waals surface area contributed by atoms with Crippen molar-refractivity contribution in [3.8, 4) is 11.5 Å². The second-order valence-electron chi connectivity index (χ2n) is 5.91. The molecule has 0 aliphatic rings. The van der Waals surface area contributed by atoms with Crippen LogP contribution < -0.4 is 10.1 Å². The van der Waals surface area contributed by atoms with E-state index in [2.05, 4.69) is 48.7 Å². The molecule has 0 bridgehead atoms. The van der Waals surface area contributed by atoms with E-state index in [1.807, 2.05) is 42.5 Å². The molecule has 0 heterocycles. The van der Waals surface area contributed by atoms with Crippen LogP contribution >= 0.6 is 34.2 Å². The first-order chi connectivity index (χ1) is 9.83. The standard InChI is InChI=1S/C17H19ClINO/c1-17(2,3)20-11-12-10-13(18)4-9-16(12)21-15-7-5-14(19)6-8-15/h4-10,20H,11H2,1-3H3. The molecule has 21 heavy (non-hydrogen) atoms. The molecule has 0 saturated heterocycles. The summed E-state index contributed by atoms with van der Waals surface area (Å²) in [5, 5.41) is 4.18. The molecule has 0 amide bonds. The van der Waals surface area contributed by atoms with E-state index in [0.29, 0.717) is 6.54 Å². The van der Waals surface area contributed by atoms with Crippen LogP contribution in [0.4, 0.5) is 0 Å². The van der Waals surface area contributed by atoms with Crippen LogP contribution in [-0.2, 0) is 6.54 Å². The van der Waals surface area contributed by atoms with Gasteiger partial charge in [-0.25, -0.2) is 0 Å². The third-order valence-electron chi connectivity index (χ3n) is 2.87. The summed E-state index contributed by atoms with van der Waals surface area (Å²) >= 11 is 8.38. The molecular weight excluding hydrogens is 397 g/mol. The summed E-state index contributed by atoms with van der Waals surface area (Å²) in [7, 11) is 0. The molecule has 0 aliphatic carbocycles. The summed E-state index contributed by atoms with van der Waals surface area (Å²) < 4.78 is 7.17. The van der Waals surface area contributed by atoms with Gasteiger partial charge in [-0.05, 0) is 85.8 Å². The van der Waals surface area contributed by atoms with Crippen LogP contribution in [0.25, 0.3) is 0 Å². The Morgan fingerprint density at radius 2 is 1.76 bits per heavy atom. The number of rotatable bonds is 4. The predicted octanol–water partition coefficient (Wildman–Crippen LogP) is 5.63. The normalized spacial score (nSPS) is 11.5. The van der Waals surface area contributed by atoms with Gasteiger partial charge < -0.3 is 10.1 Å². The molecule has 0 fully saturated rings. The zero-order chi connectivity index (χ0) is 15.5. The van der Waals surface area contributed by atoms with Gasteiger partial charge >= 0.3 is 0 Å². The van der Waals surface area contributed by atoms with Gasteiger partial charge in [0.15, 0.2) is 0 Å². The number of ether oxygens (including phenoxy) is 1. The lowest BCUT2D eigenvalue weighted by atomic mass is 10.1. The maximum absolute atomic E-state index is 6.11. The van der Waals surface area contributed by atoms with E-state index in [0.717, 1.165) is 22.1 Å². The highest BCUT2D eigenvalue weighted by Gasteiger charge is 2.12. The van der Waals surface area contributed by atoms with Gasteiger partial charge in [-0.2, -0.15) is 0 Å². The average molecular weight is 416 g/mol. The Morgan fingerprint density at radius 1 is 1.10 bits per heavy atom. The van der Waals surface area contributed by atoms with Crippen LogP contribution in [0.5, 0.6) is 11.5 Å². The number of halogens is 2. The number of hydrogen-bond donors (Lipinski definition) is 1. The van der Waals surface area contributed by atoms with Crippen molar-refractivity contribution in [2.45, 2.75) is 32.9 Å². The van der Waals surface area contributed by atoms with Gasteiger partial charge in [-0.15, -0.1) is 0 Å². The van der Waals surface area contributed by atoms with E-state index in [1.165, 1.54) is 3.57 Å². The van der Waals surface area contributed by atoms with Gasteiger partial charge in [-0.3, -0.25) is 0 Å². The molecular formula is C17H19ClINO. The Morgan fingerprint density at radius 3 is 2.38 bits per heavy atom. The van der Waals surface area contributed by atoms with E-state index in [9.17, 15) is 0 Å². The molecule has 2 aromatic carbocycles. The van der Waals surface area contributed by atoms with Gasteiger partial charge in [0.2, 0.25) is 0 Å². The third-order valence-corrected chi connectivity index (χ3v) is 3.83. The first-order valence-electron chi connectivity index (χ1n) is 6.80. The molecule has 2 nitrogen and oxygen atoms in total. The summed E-state index contributed by atoms with van der Waals surface area (Å²) in [5.74, 6) is 1.66. The maximum atomic E-state index is 6.11. The van der Waals surface area contributed by atoms with Crippen LogP contribution in [0, 0.1) is 3.57 Å². The summed E-state index contributed by atoms with van der Waals surface area (Å²) in [4.78, 5) is 0.